The molecule has 1 unspecified atom stereocenters. The molecule has 7 heteroatoms. The number of carboxylic acids is 1. The summed E-state index contributed by atoms with van der Waals surface area (Å²) in [5, 5.41) is 12.0. The zero-order valence-electron chi connectivity index (χ0n) is 18.4. The minimum Gasteiger partial charge on any atom is -0.480 e. The Morgan fingerprint density at radius 3 is 2.31 bits per heavy atom. The number of rotatable bonds is 8. The molecule has 32 heavy (non-hydrogen) atoms. The number of carbonyl (C=O) groups is 2. The molecule has 1 heterocycles. The summed E-state index contributed by atoms with van der Waals surface area (Å²) in [6.07, 6.45) is 0.763. The van der Waals surface area contributed by atoms with Crippen molar-refractivity contribution in [2.75, 3.05) is 13.2 Å². The number of nitrogens with one attached hydrogen (secondary N) is 1. The molecule has 2 aromatic carbocycles. The standard InChI is InChI=1S/C25H29NO6/c1-25(2)31-14-16(32-25)8-7-13-22(23(27)28)26-24(29)30-15-21-19-11-5-3-9-17(19)18-10-4-6-12-20(18)21/h3-6,9-12,16,21-22H,7-8,13-15H2,1-2H3,(H,26,29)(H,27,28)/t16?,22-/m0/s1. The van der Waals surface area contributed by atoms with Crippen LogP contribution in [0.3, 0.4) is 0 Å². The summed E-state index contributed by atoms with van der Waals surface area (Å²) in [5.41, 5.74) is 4.50. The molecule has 1 amide bonds. The third-order valence-corrected chi connectivity index (χ3v) is 6.02. The van der Waals surface area contributed by atoms with Gasteiger partial charge in [-0.2, -0.15) is 0 Å². The molecule has 1 aliphatic heterocycles. The summed E-state index contributed by atoms with van der Waals surface area (Å²) in [6, 6.07) is 15.1. The number of aliphatic carboxylic acids is 1. The Bertz CT molecular complexity index is 942. The van der Waals surface area contributed by atoms with E-state index in [1.165, 1.54) is 0 Å². The third kappa shape index (κ3) is 4.95. The molecule has 0 bridgehead atoms. The quantitative estimate of drug-likeness (QED) is 0.637. The van der Waals surface area contributed by atoms with E-state index in [4.69, 9.17) is 14.2 Å². The second-order valence-corrected chi connectivity index (χ2v) is 8.74. The molecule has 2 aliphatic rings. The minimum atomic E-state index is -1.08. The largest absolute Gasteiger partial charge is 0.480 e. The lowest BCUT2D eigenvalue weighted by Crippen LogP contribution is -2.41. The first-order valence-corrected chi connectivity index (χ1v) is 11.0. The van der Waals surface area contributed by atoms with Gasteiger partial charge in [-0.05, 0) is 55.4 Å². The van der Waals surface area contributed by atoms with Crippen molar-refractivity contribution in [2.45, 2.75) is 57.0 Å². The van der Waals surface area contributed by atoms with Crippen LogP contribution in [-0.2, 0) is 19.0 Å². The highest BCUT2D eigenvalue weighted by atomic mass is 16.7. The second-order valence-electron chi connectivity index (χ2n) is 8.74. The zero-order chi connectivity index (χ0) is 22.7. The summed E-state index contributed by atoms with van der Waals surface area (Å²) in [6.45, 7) is 4.34. The van der Waals surface area contributed by atoms with Crippen LogP contribution in [0.15, 0.2) is 48.5 Å². The van der Waals surface area contributed by atoms with Crippen LogP contribution < -0.4 is 5.32 Å². The smallest absolute Gasteiger partial charge is 0.407 e. The molecule has 0 radical (unpaired) electrons. The van der Waals surface area contributed by atoms with E-state index in [1.807, 2.05) is 50.2 Å². The molecule has 1 fully saturated rings. The summed E-state index contributed by atoms with van der Waals surface area (Å²) < 4.78 is 16.7. The van der Waals surface area contributed by atoms with Gasteiger partial charge in [-0.25, -0.2) is 9.59 Å². The Labute approximate surface area is 187 Å². The summed E-state index contributed by atoms with van der Waals surface area (Å²) >= 11 is 0. The maximum atomic E-state index is 12.4. The number of carboxylic acid groups (broad SMARTS) is 1. The van der Waals surface area contributed by atoms with Gasteiger partial charge in [0.05, 0.1) is 12.7 Å². The molecule has 0 aromatic heterocycles. The van der Waals surface area contributed by atoms with Crippen LogP contribution in [-0.4, -0.2) is 48.3 Å². The van der Waals surface area contributed by atoms with Gasteiger partial charge in [0, 0.05) is 5.92 Å². The summed E-state index contributed by atoms with van der Waals surface area (Å²) in [7, 11) is 0. The number of alkyl carbamates (subject to hydrolysis) is 1. The van der Waals surface area contributed by atoms with Crippen molar-refractivity contribution in [3.05, 3.63) is 59.7 Å². The van der Waals surface area contributed by atoms with Crippen molar-refractivity contribution in [3.63, 3.8) is 0 Å². The predicted molar refractivity (Wildman–Crippen MR) is 118 cm³/mol. The average molecular weight is 440 g/mol. The monoisotopic (exact) mass is 439 g/mol. The normalized spacial score (nSPS) is 19.8. The van der Waals surface area contributed by atoms with Gasteiger partial charge in [0.25, 0.3) is 0 Å². The highest BCUT2D eigenvalue weighted by Gasteiger charge is 2.33. The lowest BCUT2D eigenvalue weighted by molar-refractivity contribution is -0.141. The number of hydrogen-bond acceptors (Lipinski definition) is 5. The number of benzene rings is 2. The predicted octanol–water partition coefficient (Wildman–Crippen LogP) is 4.30. The molecule has 1 aliphatic carbocycles. The Kier molecular flexibility index (Phi) is 6.48. The second kappa shape index (κ2) is 9.30. The Morgan fingerprint density at radius 1 is 1.12 bits per heavy atom. The van der Waals surface area contributed by atoms with Crippen LogP contribution >= 0.6 is 0 Å². The summed E-state index contributed by atoms with van der Waals surface area (Å²) in [4.78, 5) is 24.0. The van der Waals surface area contributed by atoms with E-state index in [0.717, 1.165) is 22.3 Å². The Morgan fingerprint density at radius 2 is 1.75 bits per heavy atom. The first kappa shape index (κ1) is 22.3. The number of hydrogen-bond donors (Lipinski definition) is 2. The van der Waals surface area contributed by atoms with Gasteiger partial charge in [-0.15, -0.1) is 0 Å². The first-order valence-electron chi connectivity index (χ1n) is 11.0. The molecule has 170 valence electrons. The molecular formula is C25H29NO6. The van der Waals surface area contributed by atoms with Crippen LogP contribution in [0.2, 0.25) is 0 Å². The summed E-state index contributed by atoms with van der Waals surface area (Å²) in [5.74, 6) is -1.75. The zero-order valence-corrected chi connectivity index (χ0v) is 18.4. The van der Waals surface area contributed by atoms with Crippen LogP contribution in [0.5, 0.6) is 0 Å². The molecule has 2 N–H and O–H groups in total. The van der Waals surface area contributed by atoms with Crippen LogP contribution in [0.25, 0.3) is 11.1 Å². The first-order chi connectivity index (χ1) is 15.3. The minimum absolute atomic E-state index is 0.0612. The fraction of sp³-hybridized carbons (Fsp3) is 0.440. The fourth-order valence-corrected chi connectivity index (χ4v) is 4.49. The molecule has 0 saturated carbocycles. The fourth-order valence-electron chi connectivity index (χ4n) is 4.49. The van der Waals surface area contributed by atoms with Crippen LogP contribution in [0, 0.1) is 0 Å². The van der Waals surface area contributed by atoms with Gasteiger partial charge in [-0.1, -0.05) is 48.5 Å². The van der Waals surface area contributed by atoms with Gasteiger partial charge in [0.15, 0.2) is 5.79 Å². The number of carbonyl (C=O) groups excluding carboxylic acids is 1. The van der Waals surface area contributed by atoms with E-state index in [2.05, 4.69) is 17.4 Å². The van der Waals surface area contributed by atoms with E-state index in [-0.39, 0.29) is 18.6 Å². The average Bonchev–Trinajstić information content (AvgIpc) is 3.28. The Hall–Kier alpha value is -2.90. The van der Waals surface area contributed by atoms with E-state index >= 15 is 0 Å². The SMILES string of the molecule is CC1(C)OCC(CCC[C@H](NC(=O)OCC2c3ccccc3-c3ccccc32)C(=O)O)O1. The topological polar surface area (TPSA) is 94.1 Å². The van der Waals surface area contributed by atoms with Crippen molar-refractivity contribution in [1.82, 2.24) is 5.32 Å². The van der Waals surface area contributed by atoms with Crippen molar-refractivity contribution in [2.24, 2.45) is 0 Å². The van der Waals surface area contributed by atoms with Gasteiger partial charge >= 0.3 is 12.1 Å². The van der Waals surface area contributed by atoms with Gasteiger partial charge in [0.1, 0.15) is 12.6 Å². The number of fused-ring (bicyclic) bond motifs is 3. The lowest BCUT2D eigenvalue weighted by atomic mass is 9.98. The molecule has 1 saturated heterocycles. The Balaban J connectivity index is 1.30. The lowest BCUT2D eigenvalue weighted by Gasteiger charge is -2.19. The molecule has 0 spiro atoms. The molecule has 4 rings (SSSR count). The van der Waals surface area contributed by atoms with Gasteiger partial charge < -0.3 is 24.6 Å². The van der Waals surface area contributed by atoms with E-state index in [0.29, 0.717) is 25.9 Å². The molecular weight excluding hydrogens is 410 g/mol. The van der Waals surface area contributed by atoms with Crippen molar-refractivity contribution < 1.29 is 28.9 Å². The molecule has 2 aromatic rings. The number of amides is 1. The van der Waals surface area contributed by atoms with Gasteiger partial charge in [-0.3, -0.25) is 0 Å². The van der Waals surface area contributed by atoms with Crippen LogP contribution in [0.1, 0.15) is 50.2 Å². The maximum Gasteiger partial charge on any atom is 0.407 e. The van der Waals surface area contributed by atoms with Crippen molar-refractivity contribution in [3.8, 4) is 11.1 Å². The van der Waals surface area contributed by atoms with E-state index < -0.39 is 23.9 Å². The van der Waals surface area contributed by atoms with Crippen molar-refractivity contribution in [1.29, 1.82) is 0 Å². The van der Waals surface area contributed by atoms with Crippen LogP contribution in [0.4, 0.5) is 4.79 Å². The van der Waals surface area contributed by atoms with Gasteiger partial charge in [0.2, 0.25) is 0 Å². The number of ether oxygens (including phenoxy) is 3. The highest BCUT2D eigenvalue weighted by Crippen LogP contribution is 2.44. The molecule has 7 nitrogen and oxygen atoms in total. The van der Waals surface area contributed by atoms with E-state index in [1.54, 1.807) is 0 Å². The molecule has 2 atom stereocenters. The third-order valence-electron chi connectivity index (χ3n) is 6.02. The van der Waals surface area contributed by atoms with Crippen molar-refractivity contribution >= 4 is 12.1 Å². The van der Waals surface area contributed by atoms with E-state index in [9.17, 15) is 14.7 Å². The highest BCUT2D eigenvalue weighted by molar-refractivity contribution is 5.81. The maximum absolute atomic E-state index is 12.4.